The van der Waals surface area contributed by atoms with Gasteiger partial charge in [-0.05, 0) is 18.2 Å². The van der Waals surface area contributed by atoms with Gasteiger partial charge in [0.25, 0.3) is 5.89 Å². The van der Waals surface area contributed by atoms with Gasteiger partial charge in [0.15, 0.2) is 6.61 Å². The van der Waals surface area contributed by atoms with Crippen LogP contribution < -0.4 is 5.14 Å². The number of pyridine rings is 1. The maximum absolute atomic E-state index is 11.9. The quantitative estimate of drug-likeness (QED) is 0.665. The van der Waals surface area contributed by atoms with E-state index in [4.69, 9.17) is 14.4 Å². The van der Waals surface area contributed by atoms with Crippen LogP contribution >= 0.6 is 11.3 Å². The van der Waals surface area contributed by atoms with Crippen LogP contribution in [0.2, 0.25) is 0 Å². The Hall–Kier alpha value is -2.63. The van der Waals surface area contributed by atoms with E-state index >= 15 is 0 Å². The van der Waals surface area contributed by atoms with Gasteiger partial charge >= 0.3 is 5.97 Å². The van der Waals surface area contributed by atoms with Crippen LogP contribution in [0.5, 0.6) is 0 Å². The van der Waals surface area contributed by atoms with Crippen LogP contribution in [0.4, 0.5) is 0 Å². The number of aromatic nitrogens is 3. The molecule has 2 N–H and O–H groups in total. The summed E-state index contributed by atoms with van der Waals surface area (Å²) in [7, 11) is -3.85. The number of carbonyl (C=O) groups excluding carboxylic acids is 1. The van der Waals surface area contributed by atoms with Crippen molar-refractivity contribution >= 4 is 27.3 Å². The molecule has 9 nitrogen and oxygen atoms in total. The minimum atomic E-state index is -3.85. The third-order valence-corrected chi connectivity index (χ3v) is 5.19. The normalized spacial score (nSPS) is 11.4. The number of ether oxygens (including phenoxy) is 1. The van der Waals surface area contributed by atoms with E-state index in [1.54, 1.807) is 24.5 Å². The minimum absolute atomic E-state index is 0.0797. The fourth-order valence-corrected chi connectivity index (χ4v) is 3.28. The highest BCUT2D eigenvalue weighted by Crippen LogP contribution is 2.20. The van der Waals surface area contributed by atoms with E-state index in [0.717, 1.165) is 17.4 Å². The highest BCUT2D eigenvalue weighted by Gasteiger charge is 2.17. The summed E-state index contributed by atoms with van der Waals surface area (Å²) in [6.07, 6.45) is 3.18. The number of primary sulfonamides is 1. The molecule has 0 unspecified atom stereocenters. The van der Waals surface area contributed by atoms with Crippen molar-refractivity contribution in [3.8, 4) is 11.4 Å². The smallest absolute Gasteiger partial charge is 0.339 e. The number of nitrogens with zero attached hydrogens (tertiary/aromatic N) is 3. The number of sulfonamides is 1. The molecule has 0 aromatic carbocycles. The summed E-state index contributed by atoms with van der Waals surface area (Å²) >= 11 is 0.836. The number of thiophene rings is 1. The first-order valence-electron chi connectivity index (χ1n) is 6.45. The molecule has 0 aliphatic carbocycles. The molecule has 24 heavy (non-hydrogen) atoms. The SMILES string of the molecule is NS(=O)(=O)c1cc(C(=O)OCc2nc(-c3cccnc3)no2)cs1. The molecule has 0 spiro atoms. The Bertz CT molecular complexity index is 965. The van der Waals surface area contributed by atoms with Crippen molar-refractivity contribution in [2.75, 3.05) is 0 Å². The molecule has 3 heterocycles. The summed E-state index contributed by atoms with van der Waals surface area (Å²) in [5.41, 5.74) is 0.741. The topological polar surface area (TPSA) is 138 Å². The lowest BCUT2D eigenvalue weighted by Crippen LogP contribution is -2.10. The van der Waals surface area contributed by atoms with Crippen LogP contribution in [-0.4, -0.2) is 29.5 Å². The van der Waals surface area contributed by atoms with Gasteiger partial charge in [-0.1, -0.05) is 5.16 Å². The molecule has 0 aliphatic heterocycles. The molecule has 3 aromatic rings. The first-order chi connectivity index (χ1) is 11.4. The van der Waals surface area contributed by atoms with E-state index < -0.39 is 16.0 Å². The van der Waals surface area contributed by atoms with Gasteiger partial charge in [-0.3, -0.25) is 4.98 Å². The molecule has 0 atom stereocenters. The van der Waals surface area contributed by atoms with Crippen molar-refractivity contribution < 1.29 is 22.5 Å². The zero-order valence-electron chi connectivity index (χ0n) is 11.9. The fourth-order valence-electron chi connectivity index (χ4n) is 1.71. The summed E-state index contributed by atoms with van der Waals surface area (Å²) in [4.78, 5) is 19.9. The summed E-state index contributed by atoms with van der Waals surface area (Å²) in [6, 6.07) is 4.63. The lowest BCUT2D eigenvalue weighted by Gasteiger charge is -1.98. The predicted octanol–water partition coefficient (Wildman–Crippen LogP) is 1.20. The summed E-state index contributed by atoms with van der Waals surface area (Å²) < 4.78 is 32.2. The third-order valence-electron chi connectivity index (χ3n) is 2.81. The van der Waals surface area contributed by atoms with Gasteiger partial charge in [0, 0.05) is 23.3 Å². The van der Waals surface area contributed by atoms with Gasteiger partial charge < -0.3 is 9.26 Å². The van der Waals surface area contributed by atoms with Gasteiger partial charge in [0.05, 0.1) is 5.56 Å². The number of hydrogen-bond donors (Lipinski definition) is 1. The van der Waals surface area contributed by atoms with Crippen LogP contribution in [0.25, 0.3) is 11.4 Å². The van der Waals surface area contributed by atoms with E-state index in [1.807, 2.05) is 0 Å². The molecule has 0 saturated carbocycles. The standard InChI is InChI=1S/C13H10N4O5S2/c14-24(19,20)11-4-9(7-23-11)13(18)21-6-10-16-12(17-22-10)8-2-1-3-15-5-8/h1-5,7H,6H2,(H2,14,19,20). The molecule has 124 valence electrons. The van der Waals surface area contributed by atoms with E-state index in [9.17, 15) is 13.2 Å². The molecule has 3 rings (SSSR count). The summed E-state index contributed by atoms with van der Waals surface area (Å²) in [5.74, 6) is -0.299. The van der Waals surface area contributed by atoms with Crippen LogP contribution in [0.3, 0.4) is 0 Å². The minimum Gasteiger partial charge on any atom is -0.452 e. The number of nitrogens with two attached hydrogens (primary N) is 1. The second-order valence-corrected chi connectivity index (χ2v) is 7.23. The Balaban J connectivity index is 1.65. The fraction of sp³-hybridized carbons (Fsp3) is 0.0769. The number of esters is 1. The van der Waals surface area contributed by atoms with Crippen molar-refractivity contribution in [1.29, 1.82) is 0 Å². The predicted molar refractivity (Wildman–Crippen MR) is 82.3 cm³/mol. The number of hydrogen-bond acceptors (Lipinski definition) is 9. The van der Waals surface area contributed by atoms with Gasteiger partial charge in [-0.15, -0.1) is 11.3 Å². The number of rotatable bonds is 5. The molecule has 3 aromatic heterocycles. The summed E-state index contributed by atoms with van der Waals surface area (Å²) in [5, 5.41) is 10.1. The van der Waals surface area contributed by atoms with E-state index in [0.29, 0.717) is 11.4 Å². The Morgan fingerprint density at radius 3 is 2.92 bits per heavy atom. The highest BCUT2D eigenvalue weighted by molar-refractivity contribution is 7.91. The first-order valence-corrected chi connectivity index (χ1v) is 8.87. The monoisotopic (exact) mass is 366 g/mol. The van der Waals surface area contributed by atoms with Gasteiger partial charge in [-0.25, -0.2) is 18.4 Å². The van der Waals surface area contributed by atoms with Crippen LogP contribution in [0, 0.1) is 0 Å². The molecule has 0 amide bonds. The van der Waals surface area contributed by atoms with Crippen LogP contribution in [0.15, 0.2) is 44.7 Å². The van der Waals surface area contributed by atoms with E-state index in [-0.39, 0.29) is 22.3 Å². The third kappa shape index (κ3) is 3.64. The van der Waals surface area contributed by atoms with Gasteiger partial charge in [-0.2, -0.15) is 4.98 Å². The van der Waals surface area contributed by atoms with Crippen molar-refractivity contribution in [3.05, 3.63) is 47.4 Å². The zero-order valence-corrected chi connectivity index (χ0v) is 13.6. The Morgan fingerprint density at radius 2 is 2.25 bits per heavy atom. The van der Waals surface area contributed by atoms with E-state index in [2.05, 4.69) is 15.1 Å². The largest absolute Gasteiger partial charge is 0.452 e. The van der Waals surface area contributed by atoms with Crippen LogP contribution in [-0.2, 0) is 21.4 Å². The molecule has 0 bridgehead atoms. The zero-order chi connectivity index (χ0) is 17.2. The van der Waals surface area contributed by atoms with Gasteiger partial charge in [0.2, 0.25) is 15.8 Å². The molecule has 0 radical (unpaired) electrons. The first kappa shape index (κ1) is 16.2. The molecule has 0 fully saturated rings. The lowest BCUT2D eigenvalue weighted by atomic mass is 10.3. The van der Waals surface area contributed by atoms with Crippen LogP contribution in [0.1, 0.15) is 16.2 Å². The molecule has 11 heteroatoms. The molecule has 0 aliphatic rings. The van der Waals surface area contributed by atoms with Crippen molar-refractivity contribution in [2.24, 2.45) is 5.14 Å². The maximum Gasteiger partial charge on any atom is 0.339 e. The Labute approximate surface area is 140 Å². The second-order valence-electron chi connectivity index (χ2n) is 4.53. The van der Waals surface area contributed by atoms with Crippen molar-refractivity contribution in [1.82, 2.24) is 15.1 Å². The van der Waals surface area contributed by atoms with Crippen molar-refractivity contribution in [2.45, 2.75) is 10.8 Å². The van der Waals surface area contributed by atoms with Crippen molar-refractivity contribution in [3.63, 3.8) is 0 Å². The molecular weight excluding hydrogens is 356 g/mol. The van der Waals surface area contributed by atoms with Gasteiger partial charge in [0.1, 0.15) is 4.21 Å². The lowest BCUT2D eigenvalue weighted by molar-refractivity contribution is 0.0430. The average molecular weight is 366 g/mol. The highest BCUT2D eigenvalue weighted by atomic mass is 32.2. The maximum atomic E-state index is 11.9. The summed E-state index contributed by atoms with van der Waals surface area (Å²) in [6.45, 7) is -0.243. The van der Waals surface area contributed by atoms with E-state index in [1.165, 1.54) is 5.38 Å². The molecule has 0 saturated heterocycles. The number of carbonyl (C=O) groups is 1. The second kappa shape index (κ2) is 6.47. The average Bonchev–Trinajstić information content (AvgIpc) is 3.22. The Kier molecular flexibility index (Phi) is 4.38. The Morgan fingerprint density at radius 1 is 1.42 bits per heavy atom. The molecular formula is C13H10N4O5S2.